The van der Waals surface area contributed by atoms with E-state index in [2.05, 4.69) is 20.8 Å². The largest absolute Gasteiger partial charge is 0.359 e. The van der Waals surface area contributed by atoms with Crippen LogP contribution in [0.2, 0.25) is 0 Å². The molecule has 2 nitrogen and oxygen atoms in total. The molecule has 0 bridgehead atoms. The number of hydrogen-bond acceptors (Lipinski definition) is 2. The van der Waals surface area contributed by atoms with E-state index in [0.717, 1.165) is 32.5 Å². The second-order valence-corrected chi connectivity index (χ2v) is 3.18. The summed E-state index contributed by atoms with van der Waals surface area (Å²) in [5, 5.41) is 0. The van der Waals surface area contributed by atoms with Crippen molar-refractivity contribution in [3.63, 3.8) is 0 Å². The molecule has 12 heavy (non-hydrogen) atoms. The summed E-state index contributed by atoms with van der Waals surface area (Å²) in [7, 11) is 2.01. The molecule has 0 fully saturated rings. The van der Waals surface area contributed by atoms with Gasteiger partial charge in [0.05, 0.1) is 0 Å². The first-order chi connectivity index (χ1) is 5.68. The molecule has 0 radical (unpaired) electrons. The maximum atomic E-state index is 5.61. The Bertz CT molecular complexity index is 98.7. The van der Waals surface area contributed by atoms with E-state index in [1.807, 2.05) is 7.85 Å². The van der Waals surface area contributed by atoms with Crippen LogP contribution in [-0.4, -0.2) is 26.7 Å². The van der Waals surface area contributed by atoms with Crippen molar-refractivity contribution in [2.45, 2.75) is 45.7 Å². The highest BCUT2D eigenvalue weighted by Gasteiger charge is 2.21. The van der Waals surface area contributed by atoms with Gasteiger partial charge in [0.2, 0.25) is 0 Å². The normalized spacial score (nSPS) is 11.9. The highest BCUT2D eigenvalue weighted by atomic mass is 16.7. The summed E-state index contributed by atoms with van der Waals surface area (Å²) in [5.74, 6) is 0. The first kappa shape index (κ1) is 12.0. The molecule has 0 spiro atoms. The average molecular weight is 172 g/mol. The topological polar surface area (TPSA) is 18.5 Å². The van der Waals surface area contributed by atoms with E-state index >= 15 is 0 Å². The highest BCUT2D eigenvalue weighted by Crippen LogP contribution is 2.13. The summed E-state index contributed by atoms with van der Waals surface area (Å²) in [4.78, 5) is 0. The van der Waals surface area contributed by atoms with E-state index in [0.29, 0.717) is 0 Å². The number of rotatable bonds is 7. The van der Waals surface area contributed by atoms with E-state index in [1.54, 1.807) is 0 Å². The van der Waals surface area contributed by atoms with Crippen LogP contribution in [0.3, 0.4) is 0 Å². The fourth-order valence-corrected chi connectivity index (χ4v) is 0.882. The highest BCUT2D eigenvalue weighted by molar-refractivity contribution is 6.13. The standard InChI is InChI=1S/C9H21BO2/c1-4-7-11-9(10,6-3)12-8-5-2/h4-8,10H2,1-3H3. The second kappa shape index (κ2) is 6.50. The Labute approximate surface area is 77.0 Å². The Balaban J connectivity index is 3.70. The zero-order valence-electron chi connectivity index (χ0n) is 8.85. The Morgan fingerprint density at radius 1 is 1.00 bits per heavy atom. The van der Waals surface area contributed by atoms with Crippen LogP contribution in [0.25, 0.3) is 0 Å². The fourth-order valence-electron chi connectivity index (χ4n) is 0.882. The molecular weight excluding hydrogens is 151 g/mol. The number of ether oxygens (including phenoxy) is 2. The summed E-state index contributed by atoms with van der Waals surface area (Å²) >= 11 is 0. The molecule has 3 heteroatoms. The van der Waals surface area contributed by atoms with E-state index < -0.39 is 0 Å². The molecule has 0 N–H and O–H groups in total. The van der Waals surface area contributed by atoms with E-state index in [4.69, 9.17) is 9.47 Å². The Morgan fingerprint density at radius 2 is 1.42 bits per heavy atom. The van der Waals surface area contributed by atoms with Crippen LogP contribution in [0, 0.1) is 0 Å². The Morgan fingerprint density at radius 3 is 1.67 bits per heavy atom. The van der Waals surface area contributed by atoms with Crippen molar-refractivity contribution in [2.75, 3.05) is 13.2 Å². The Kier molecular flexibility index (Phi) is 6.49. The first-order valence-corrected chi connectivity index (χ1v) is 4.96. The van der Waals surface area contributed by atoms with Gasteiger partial charge in [-0.25, -0.2) is 0 Å². The molecule has 0 rings (SSSR count). The van der Waals surface area contributed by atoms with Crippen molar-refractivity contribution in [3.05, 3.63) is 0 Å². The number of hydrogen-bond donors (Lipinski definition) is 0. The molecule has 0 atom stereocenters. The Hall–Kier alpha value is -0.0151. The molecule has 0 aromatic heterocycles. The van der Waals surface area contributed by atoms with Gasteiger partial charge >= 0.3 is 0 Å². The van der Waals surface area contributed by atoms with Crippen LogP contribution in [0.4, 0.5) is 0 Å². The summed E-state index contributed by atoms with van der Waals surface area (Å²) in [6, 6.07) is 0. The molecule has 0 aromatic carbocycles. The van der Waals surface area contributed by atoms with Gasteiger partial charge in [0.15, 0.2) is 7.85 Å². The van der Waals surface area contributed by atoms with Gasteiger partial charge in [-0.1, -0.05) is 20.8 Å². The smallest absolute Gasteiger partial charge is 0.178 e. The summed E-state index contributed by atoms with van der Waals surface area (Å²) in [6.07, 6.45) is 3.00. The van der Waals surface area contributed by atoms with Crippen LogP contribution in [0.1, 0.15) is 40.0 Å². The first-order valence-electron chi connectivity index (χ1n) is 4.96. The van der Waals surface area contributed by atoms with Crippen molar-refractivity contribution < 1.29 is 9.47 Å². The van der Waals surface area contributed by atoms with Gasteiger partial charge in [0.1, 0.15) is 5.69 Å². The van der Waals surface area contributed by atoms with Gasteiger partial charge in [-0.15, -0.1) is 0 Å². The lowest BCUT2D eigenvalue weighted by atomic mass is 9.91. The van der Waals surface area contributed by atoms with Crippen molar-refractivity contribution >= 4 is 7.85 Å². The van der Waals surface area contributed by atoms with Gasteiger partial charge in [-0.2, -0.15) is 0 Å². The molecule has 0 aliphatic rings. The molecule has 0 amide bonds. The van der Waals surface area contributed by atoms with Crippen molar-refractivity contribution in [1.82, 2.24) is 0 Å². The molecule has 0 saturated carbocycles. The zero-order chi connectivity index (χ0) is 9.45. The van der Waals surface area contributed by atoms with Crippen molar-refractivity contribution in [1.29, 1.82) is 0 Å². The minimum Gasteiger partial charge on any atom is -0.359 e. The lowest BCUT2D eigenvalue weighted by molar-refractivity contribution is -0.179. The van der Waals surface area contributed by atoms with E-state index in [9.17, 15) is 0 Å². The predicted octanol–water partition coefficient (Wildman–Crippen LogP) is 1.54. The molecular formula is C9H21BO2. The minimum atomic E-state index is -0.355. The minimum absolute atomic E-state index is 0.355. The van der Waals surface area contributed by atoms with Crippen LogP contribution in [0.5, 0.6) is 0 Å². The molecule has 0 heterocycles. The summed E-state index contributed by atoms with van der Waals surface area (Å²) < 4.78 is 11.2. The zero-order valence-corrected chi connectivity index (χ0v) is 8.85. The second-order valence-electron chi connectivity index (χ2n) is 3.18. The third kappa shape index (κ3) is 4.78. The third-order valence-corrected chi connectivity index (χ3v) is 1.87. The van der Waals surface area contributed by atoms with Gasteiger partial charge in [-0.05, 0) is 19.3 Å². The molecule has 0 aliphatic carbocycles. The molecule has 0 saturated heterocycles. The predicted molar refractivity (Wildman–Crippen MR) is 54.1 cm³/mol. The van der Waals surface area contributed by atoms with Crippen molar-refractivity contribution in [2.24, 2.45) is 0 Å². The van der Waals surface area contributed by atoms with Crippen LogP contribution in [0.15, 0.2) is 0 Å². The summed E-state index contributed by atoms with van der Waals surface area (Å²) in [6.45, 7) is 7.87. The van der Waals surface area contributed by atoms with Gasteiger partial charge < -0.3 is 9.47 Å². The maximum absolute atomic E-state index is 5.61. The lowest BCUT2D eigenvalue weighted by Crippen LogP contribution is -2.36. The molecule has 0 unspecified atom stereocenters. The average Bonchev–Trinajstić information content (AvgIpc) is 2.11. The third-order valence-electron chi connectivity index (χ3n) is 1.87. The van der Waals surface area contributed by atoms with E-state index in [1.165, 1.54) is 0 Å². The quantitative estimate of drug-likeness (QED) is 0.428. The fraction of sp³-hybridized carbons (Fsp3) is 1.00. The van der Waals surface area contributed by atoms with Gasteiger partial charge in [-0.3, -0.25) is 0 Å². The summed E-state index contributed by atoms with van der Waals surface area (Å²) in [5.41, 5.74) is -0.355. The van der Waals surface area contributed by atoms with E-state index in [-0.39, 0.29) is 5.69 Å². The van der Waals surface area contributed by atoms with Gasteiger partial charge in [0, 0.05) is 13.2 Å². The SMILES string of the molecule is BC(CC)(OCCC)OCCC. The monoisotopic (exact) mass is 172 g/mol. The maximum Gasteiger partial charge on any atom is 0.178 e. The van der Waals surface area contributed by atoms with Crippen LogP contribution < -0.4 is 0 Å². The van der Waals surface area contributed by atoms with Crippen molar-refractivity contribution in [3.8, 4) is 0 Å². The molecule has 0 aromatic rings. The van der Waals surface area contributed by atoms with Crippen LogP contribution in [-0.2, 0) is 9.47 Å². The van der Waals surface area contributed by atoms with Gasteiger partial charge in [0.25, 0.3) is 0 Å². The van der Waals surface area contributed by atoms with Crippen LogP contribution >= 0.6 is 0 Å². The molecule has 0 aliphatic heterocycles. The lowest BCUT2D eigenvalue weighted by Gasteiger charge is -2.29. The molecule has 72 valence electrons.